The van der Waals surface area contributed by atoms with Gasteiger partial charge in [0.05, 0.1) is 25.5 Å². The number of aryl methyl sites for hydroxylation is 1. The highest BCUT2D eigenvalue weighted by atomic mass is 16.5. The molecule has 0 saturated carbocycles. The number of anilines is 4. The van der Waals surface area contributed by atoms with E-state index in [1.807, 2.05) is 37.3 Å². The first-order valence-electron chi connectivity index (χ1n) is 8.30. The van der Waals surface area contributed by atoms with Crippen molar-refractivity contribution in [3.05, 3.63) is 65.9 Å². The molecule has 2 N–H and O–H groups in total. The molecule has 0 unspecified atom stereocenters. The van der Waals surface area contributed by atoms with Crippen LogP contribution >= 0.6 is 0 Å². The SMILES string of the molecule is COC(=O)c1ccccc1Nc1cc(C)nc(Nc2ccc(OC)cc2)n1. The van der Waals surface area contributed by atoms with E-state index in [-0.39, 0.29) is 0 Å². The third kappa shape index (κ3) is 4.52. The molecule has 7 heteroatoms. The summed E-state index contributed by atoms with van der Waals surface area (Å²) < 4.78 is 9.98. The quantitative estimate of drug-likeness (QED) is 0.638. The molecule has 1 heterocycles. The minimum absolute atomic E-state index is 0.416. The number of carbonyl (C=O) groups is 1. The molecular formula is C20H20N4O3. The van der Waals surface area contributed by atoms with Gasteiger partial charge >= 0.3 is 5.97 Å². The zero-order chi connectivity index (χ0) is 19.2. The zero-order valence-electron chi connectivity index (χ0n) is 15.3. The van der Waals surface area contributed by atoms with Gasteiger partial charge in [-0.2, -0.15) is 4.98 Å². The normalized spacial score (nSPS) is 10.2. The minimum atomic E-state index is -0.416. The first-order valence-corrected chi connectivity index (χ1v) is 8.30. The highest BCUT2D eigenvalue weighted by molar-refractivity contribution is 5.96. The van der Waals surface area contributed by atoms with Crippen molar-refractivity contribution in [2.75, 3.05) is 24.9 Å². The summed E-state index contributed by atoms with van der Waals surface area (Å²) in [4.78, 5) is 20.8. The van der Waals surface area contributed by atoms with Crippen LogP contribution in [0.2, 0.25) is 0 Å². The molecule has 138 valence electrons. The molecule has 27 heavy (non-hydrogen) atoms. The molecule has 0 aliphatic carbocycles. The second-order valence-corrected chi connectivity index (χ2v) is 5.73. The second kappa shape index (κ2) is 8.18. The van der Waals surface area contributed by atoms with Crippen LogP contribution in [0.15, 0.2) is 54.6 Å². The lowest BCUT2D eigenvalue weighted by molar-refractivity contribution is 0.0602. The van der Waals surface area contributed by atoms with Crippen molar-refractivity contribution < 1.29 is 14.3 Å². The van der Waals surface area contributed by atoms with Crippen molar-refractivity contribution >= 4 is 29.1 Å². The summed E-state index contributed by atoms with van der Waals surface area (Å²) in [6.07, 6.45) is 0. The van der Waals surface area contributed by atoms with E-state index in [9.17, 15) is 4.79 Å². The highest BCUT2D eigenvalue weighted by Crippen LogP contribution is 2.23. The smallest absolute Gasteiger partial charge is 0.339 e. The average Bonchev–Trinajstić information content (AvgIpc) is 2.68. The van der Waals surface area contributed by atoms with Crippen LogP contribution in [0.5, 0.6) is 5.75 Å². The van der Waals surface area contributed by atoms with E-state index in [1.165, 1.54) is 7.11 Å². The molecule has 0 radical (unpaired) electrons. The first kappa shape index (κ1) is 18.2. The van der Waals surface area contributed by atoms with Gasteiger partial charge in [-0.3, -0.25) is 0 Å². The molecule has 3 aromatic rings. The lowest BCUT2D eigenvalue weighted by Crippen LogP contribution is -2.07. The van der Waals surface area contributed by atoms with E-state index in [0.717, 1.165) is 17.1 Å². The molecule has 0 bridgehead atoms. The van der Waals surface area contributed by atoms with Crippen LogP contribution in [0.1, 0.15) is 16.1 Å². The Kier molecular flexibility index (Phi) is 5.51. The Balaban J connectivity index is 1.84. The fraction of sp³-hybridized carbons (Fsp3) is 0.150. The second-order valence-electron chi connectivity index (χ2n) is 5.73. The van der Waals surface area contributed by atoms with E-state index in [2.05, 4.69) is 20.6 Å². The Labute approximate surface area is 157 Å². The molecule has 7 nitrogen and oxygen atoms in total. The van der Waals surface area contributed by atoms with Crippen LogP contribution in [0.3, 0.4) is 0 Å². The molecule has 0 fully saturated rings. The number of benzene rings is 2. The van der Waals surface area contributed by atoms with E-state index < -0.39 is 5.97 Å². The van der Waals surface area contributed by atoms with Gasteiger partial charge in [-0.15, -0.1) is 0 Å². The maximum absolute atomic E-state index is 11.9. The summed E-state index contributed by atoms with van der Waals surface area (Å²) in [7, 11) is 2.97. The van der Waals surface area contributed by atoms with Gasteiger partial charge in [0, 0.05) is 17.4 Å². The van der Waals surface area contributed by atoms with Crippen molar-refractivity contribution in [2.24, 2.45) is 0 Å². The topological polar surface area (TPSA) is 85.4 Å². The Bertz CT molecular complexity index is 942. The molecule has 0 aliphatic rings. The lowest BCUT2D eigenvalue weighted by Gasteiger charge is -2.12. The first-order chi connectivity index (χ1) is 13.1. The Morgan fingerprint density at radius 1 is 0.963 bits per heavy atom. The van der Waals surface area contributed by atoms with Gasteiger partial charge in [0.25, 0.3) is 0 Å². The van der Waals surface area contributed by atoms with E-state index in [1.54, 1.807) is 31.4 Å². The molecule has 1 aromatic heterocycles. The predicted molar refractivity (Wildman–Crippen MR) is 104 cm³/mol. The minimum Gasteiger partial charge on any atom is -0.497 e. The summed E-state index contributed by atoms with van der Waals surface area (Å²) in [6.45, 7) is 1.87. The number of esters is 1. The third-order valence-corrected chi connectivity index (χ3v) is 3.80. The number of rotatable bonds is 6. The lowest BCUT2D eigenvalue weighted by atomic mass is 10.2. The van der Waals surface area contributed by atoms with Crippen LogP contribution in [0.4, 0.5) is 23.1 Å². The molecule has 0 atom stereocenters. The van der Waals surface area contributed by atoms with Crippen molar-refractivity contribution in [1.82, 2.24) is 9.97 Å². The third-order valence-electron chi connectivity index (χ3n) is 3.80. The summed E-state index contributed by atoms with van der Waals surface area (Å²) >= 11 is 0. The fourth-order valence-electron chi connectivity index (χ4n) is 2.51. The number of hydrogen-bond acceptors (Lipinski definition) is 7. The van der Waals surface area contributed by atoms with Gasteiger partial charge in [0.1, 0.15) is 11.6 Å². The van der Waals surface area contributed by atoms with Crippen molar-refractivity contribution in [3.8, 4) is 5.75 Å². The maximum atomic E-state index is 11.9. The standard InChI is InChI=1S/C20H20N4O3/c1-13-12-18(23-17-7-5-4-6-16(17)19(25)27-3)24-20(21-13)22-14-8-10-15(26-2)11-9-14/h4-12H,1-3H3,(H2,21,22,23,24). The van der Waals surface area contributed by atoms with Crippen LogP contribution in [-0.2, 0) is 4.74 Å². The number of aromatic nitrogens is 2. The molecular weight excluding hydrogens is 344 g/mol. The van der Waals surface area contributed by atoms with E-state index in [0.29, 0.717) is 23.0 Å². The van der Waals surface area contributed by atoms with Crippen LogP contribution in [0, 0.1) is 6.92 Å². The molecule has 3 rings (SSSR count). The number of nitrogens with one attached hydrogen (secondary N) is 2. The zero-order valence-corrected chi connectivity index (χ0v) is 15.3. The number of nitrogens with zero attached hydrogens (tertiary/aromatic N) is 2. The van der Waals surface area contributed by atoms with Crippen molar-refractivity contribution in [3.63, 3.8) is 0 Å². The van der Waals surface area contributed by atoms with Crippen LogP contribution in [-0.4, -0.2) is 30.2 Å². The van der Waals surface area contributed by atoms with Crippen molar-refractivity contribution in [2.45, 2.75) is 6.92 Å². The molecule has 0 aliphatic heterocycles. The number of hydrogen-bond donors (Lipinski definition) is 2. The van der Waals surface area contributed by atoms with Crippen LogP contribution in [0.25, 0.3) is 0 Å². The van der Waals surface area contributed by atoms with Gasteiger partial charge in [-0.25, -0.2) is 9.78 Å². The Morgan fingerprint density at radius 3 is 2.41 bits per heavy atom. The van der Waals surface area contributed by atoms with E-state index in [4.69, 9.17) is 9.47 Å². The summed E-state index contributed by atoms with van der Waals surface area (Å²) in [5, 5.41) is 6.32. The van der Waals surface area contributed by atoms with E-state index >= 15 is 0 Å². The maximum Gasteiger partial charge on any atom is 0.339 e. The van der Waals surface area contributed by atoms with Crippen LogP contribution < -0.4 is 15.4 Å². The monoisotopic (exact) mass is 364 g/mol. The number of methoxy groups -OCH3 is 2. The molecule has 2 aromatic carbocycles. The van der Waals surface area contributed by atoms with Gasteiger partial charge < -0.3 is 20.1 Å². The summed E-state index contributed by atoms with van der Waals surface area (Å²) in [5.74, 6) is 1.36. The number of carbonyl (C=O) groups excluding carboxylic acids is 1. The Hall–Kier alpha value is -3.61. The summed E-state index contributed by atoms with van der Waals surface area (Å²) in [5.41, 5.74) is 2.65. The van der Waals surface area contributed by atoms with Gasteiger partial charge in [-0.05, 0) is 43.3 Å². The van der Waals surface area contributed by atoms with Gasteiger partial charge in [0.15, 0.2) is 0 Å². The molecule has 0 amide bonds. The van der Waals surface area contributed by atoms with Crippen molar-refractivity contribution in [1.29, 1.82) is 0 Å². The number of para-hydroxylation sites is 1. The van der Waals surface area contributed by atoms with Gasteiger partial charge in [-0.1, -0.05) is 12.1 Å². The van der Waals surface area contributed by atoms with Gasteiger partial charge in [0.2, 0.25) is 5.95 Å². The fourth-order valence-corrected chi connectivity index (χ4v) is 2.51. The summed E-state index contributed by atoms with van der Waals surface area (Å²) in [6, 6.07) is 16.4. The highest BCUT2D eigenvalue weighted by Gasteiger charge is 2.12. The number of ether oxygens (including phenoxy) is 2. The molecule has 0 spiro atoms. The average molecular weight is 364 g/mol. The Morgan fingerprint density at radius 2 is 1.70 bits per heavy atom. The molecule has 0 saturated heterocycles. The largest absolute Gasteiger partial charge is 0.497 e. The predicted octanol–water partition coefficient (Wildman–Crippen LogP) is 4.07.